The molecule has 0 radical (unpaired) electrons. The number of rotatable bonds is 9. The number of halogens is 2. The van der Waals surface area contributed by atoms with E-state index in [-0.39, 0.29) is 30.9 Å². The summed E-state index contributed by atoms with van der Waals surface area (Å²) in [6, 6.07) is 11.1. The van der Waals surface area contributed by atoms with Crippen LogP contribution in [0, 0.1) is 5.82 Å². The van der Waals surface area contributed by atoms with Gasteiger partial charge in [-0.2, -0.15) is 0 Å². The summed E-state index contributed by atoms with van der Waals surface area (Å²) in [5.41, 5.74) is 2.46. The molecule has 1 atom stereocenters. The van der Waals surface area contributed by atoms with Crippen molar-refractivity contribution in [3.63, 3.8) is 0 Å². The minimum absolute atomic E-state index is 0.148. The van der Waals surface area contributed by atoms with E-state index in [9.17, 15) is 19.1 Å². The van der Waals surface area contributed by atoms with E-state index in [0.717, 1.165) is 11.3 Å². The number of amides is 1. The van der Waals surface area contributed by atoms with Gasteiger partial charge in [-0.3, -0.25) is 9.59 Å². The van der Waals surface area contributed by atoms with Crippen molar-refractivity contribution in [3.8, 4) is 5.75 Å². The first-order valence-corrected chi connectivity index (χ1v) is 11.4. The molecular formula is C25H26ClFN2O5. The van der Waals surface area contributed by atoms with Crippen molar-refractivity contribution >= 4 is 34.4 Å². The summed E-state index contributed by atoms with van der Waals surface area (Å²) in [4.78, 5) is 26.4. The van der Waals surface area contributed by atoms with E-state index in [2.05, 4.69) is 0 Å². The Morgan fingerprint density at radius 2 is 2.09 bits per heavy atom. The van der Waals surface area contributed by atoms with Crippen LogP contribution in [-0.2, 0) is 33.7 Å². The Morgan fingerprint density at radius 3 is 2.82 bits per heavy atom. The predicted octanol–water partition coefficient (Wildman–Crippen LogP) is 3.93. The molecule has 180 valence electrons. The molecule has 1 unspecified atom stereocenters. The van der Waals surface area contributed by atoms with Gasteiger partial charge in [0.05, 0.1) is 6.61 Å². The first-order chi connectivity index (χ1) is 16.4. The quantitative estimate of drug-likeness (QED) is 0.493. The summed E-state index contributed by atoms with van der Waals surface area (Å²) in [6.45, 7) is 0.406. The minimum atomic E-state index is -0.957. The van der Waals surface area contributed by atoms with Crippen LogP contribution >= 0.6 is 11.6 Å². The van der Waals surface area contributed by atoms with Gasteiger partial charge in [-0.15, -0.1) is 0 Å². The van der Waals surface area contributed by atoms with Gasteiger partial charge in [-0.25, -0.2) is 4.39 Å². The van der Waals surface area contributed by atoms with Gasteiger partial charge in [-0.1, -0.05) is 17.7 Å². The van der Waals surface area contributed by atoms with Crippen LogP contribution in [0.15, 0.2) is 42.5 Å². The fraction of sp³-hybridized carbons (Fsp3) is 0.360. The Morgan fingerprint density at radius 1 is 1.26 bits per heavy atom. The molecule has 0 bridgehead atoms. The summed E-state index contributed by atoms with van der Waals surface area (Å²) in [5.74, 6) is -1.02. The fourth-order valence-electron chi connectivity index (χ4n) is 4.67. The molecule has 1 heterocycles. The number of aromatic nitrogens is 1. The number of fused-ring (bicyclic) bond motifs is 3. The van der Waals surface area contributed by atoms with Gasteiger partial charge in [0.1, 0.15) is 18.1 Å². The maximum atomic E-state index is 14.1. The molecule has 9 heteroatoms. The molecule has 0 spiro atoms. The Balaban J connectivity index is 1.59. The molecule has 0 aliphatic heterocycles. The molecule has 7 nitrogen and oxygen atoms in total. The van der Waals surface area contributed by atoms with E-state index in [1.54, 1.807) is 46.9 Å². The molecule has 3 aromatic rings. The lowest BCUT2D eigenvalue weighted by Gasteiger charge is -2.35. The number of ether oxygens (including phenoxy) is 2. The summed E-state index contributed by atoms with van der Waals surface area (Å²) in [5, 5.41) is 10.6. The number of hydrogen-bond acceptors (Lipinski definition) is 4. The average Bonchev–Trinajstić information content (AvgIpc) is 3.09. The van der Waals surface area contributed by atoms with Gasteiger partial charge in [0.15, 0.2) is 6.61 Å². The van der Waals surface area contributed by atoms with Crippen LogP contribution in [-0.4, -0.2) is 59.4 Å². The summed E-state index contributed by atoms with van der Waals surface area (Å²) < 4.78 is 26.7. The third-order valence-electron chi connectivity index (χ3n) is 6.15. The lowest BCUT2D eigenvalue weighted by Crippen LogP contribution is -2.47. The van der Waals surface area contributed by atoms with Crippen LogP contribution in [0.4, 0.5) is 4.39 Å². The van der Waals surface area contributed by atoms with E-state index < -0.39 is 5.97 Å². The van der Waals surface area contributed by atoms with Crippen LogP contribution in [0.25, 0.3) is 10.9 Å². The third kappa shape index (κ3) is 5.18. The molecule has 1 aliphatic carbocycles. The zero-order valence-electron chi connectivity index (χ0n) is 18.8. The predicted molar refractivity (Wildman–Crippen MR) is 126 cm³/mol. The number of carbonyl (C=O) groups excluding carboxylic acids is 1. The van der Waals surface area contributed by atoms with Crippen LogP contribution in [0.3, 0.4) is 0 Å². The van der Waals surface area contributed by atoms with Gasteiger partial charge < -0.3 is 24.0 Å². The first-order valence-electron chi connectivity index (χ1n) is 11.1. The summed E-state index contributed by atoms with van der Waals surface area (Å²) in [6.07, 6.45) is 1.72. The lowest BCUT2D eigenvalue weighted by molar-refractivity contribution is -0.137. The van der Waals surface area contributed by atoms with Crippen molar-refractivity contribution in [2.75, 3.05) is 26.9 Å². The molecular weight excluding hydrogens is 463 g/mol. The zero-order chi connectivity index (χ0) is 24.2. The van der Waals surface area contributed by atoms with Crippen molar-refractivity contribution in [2.45, 2.75) is 31.8 Å². The smallest absolute Gasteiger partial charge is 0.323 e. The topological polar surface area (TPSA) is 81.0 Å². The Kier molecular flexibility index (Phi) is 7.38. The number of methoxy groups -OCH3 is 1. The maximum Gasteiger partial charge on any atom is 0.323 e. The van der Waals surface area contributed by atoms with Crippen LogP contribution in [0.2, 0.25) is 5.02 Å². The normalized spacial score (nSPS) is 15.2. The number of hydrogen-bond donors (Lipinski definition) is 1. The van der Waals surface area contributed by atoms with Gasteiger partial charge in [0.2, 0.25) is 0 Å². The fourth-order valence-corrected chi connectivity index (χ4v) is 4.85. The molecule has 1 amide bonds. The standard InChI is InChI=1S/C25H26ClFN2O5/c1-33-10-9-28(24(30)15-34-19-4-2-3-16(26)11-19)18-6-8-23-21(13-18)20-12-17(27)5-7-22(20)29(23)14-25(31)32/h2-5,7,11-12,18H,6,8-10,13-15H2,1H3,(H,31,32). The highest BCUT2D eigenvalue weighted by Gasteiger charge is 2.32. The lowest BCUT2D eigenvalue weighted by atomic mass is 9.90. The van der Waals surface area contributed by atoms with Crippen molar-refractivity contribution < 1.29 is 28.6 Å². The summed E-state index contributed by atoms with van der Waals surface area (Å²) in [7, 11) is 1.58. The minimum Gasteiger partial charge on any atom is -0.484 e. The van der Waals surface area contributed by atoms with Gasteiger partial charge in [-0.05, 0) is 61.2 Å². The number of carbonyl (C=O) groups is 2. The SMILES string of the molecule is COCCN(C(=O)COc1cccc(Cl)c1)C1CCc2c(c3cc(F)ccc3n2CC(=O)O)C1. The second-order valence-corrected chi connectivity index (χ2v) is 8.73. The maximum absolute atomic E-state index is 14.1. The molecule has 2 aromatic carbocycles. The molecule has 1 aliphatic rings. The highest BCUT2D eigenvalue weighted by molar-refractivity contribution is 6.30. The van der Waals surface area contributed by atoms with Crippen molar-refractivity contribution in [1.29, 1.82) is 0 Å². The molecule has 1 N–H and O–H groups in total. The van der Waals surface area contributed by atoms with Gasteiger partial charge >= 0.3 is 5.97 Å². The molecule has 1 aromatic heterocycles. The zero-order valence-corrected chi connectivity index (χ0v) is 19.6. The highest BCUT2D eigenvalue weighted by atomic mass is 35.5. The van der Waals surface area contributed by atoms with E-state index in [1.165, 1.54) is 12.1 Å². The number of carboxylic acid groups (broad SMARTS) is 1. The molecule has 4 rings (SSSR count). The molecule has 0 saturated heterocycles. The van der Waals surface area contributed by atoms with Crippen molar-refractivity contribution in [3.05, 3.63) is 64.6 Å². The van der Waals surface area contributed by atoms with Gasteiger partial charge in [0.25, 0.3) is 5.91 Å². The summed E-state index contributed by atoms with van der Waals surface area (Å²) >= 11 is 6.00. The largest absolute Gasteiger partial charge is 0.484 e. The van der Waals surface area contributed by atoms with Crippen molar-refractivity contribution in [2.24, 2.45) is 0 Å². The van der Waals surface area contributed by atoms with E-state index >= 15 is 0 Å². The molecule has 34 heavy (non-hydrogen) atoms. The molecule has 0 saturated carbocycles. The third-order valence-corrected chi connectivity index (χ3v) is 6.39. The second kappa shape index (κ2) is 10.4. The Bertz CT molecular complexity index is 1210. The number of aliphatic carboxylic acids is 1. The van der Waals surface area contributed by atoms with E-state index in [4.69, 9.17) is 21.1 Å². The first kappa shape index (κ1) is 24.0. The second-order valence-electron chi connectivity index (χ2n) is 8.29. The van der Waals surface area contributed by atoms with Gasteiger partial charge in [0, 0.05) is 41.3 Å². The van der Waals surface area contributed by atoms with Crippen LogP contribution < -0.4 is 4.74 Å². The monoisotopic (exact) mass is 488 g/mol. The highest BCUT2D eigenvalue weighted by Crippen LogP contribution is 2.34. The van der Waals surface area contributed by atoms with E-state index in [0.29, 0.717) is 54.1 Å². The number of benzene rings is 2. The Labute approximate surface area is 201 Å². The average molecular weight is 489 g/mol. The molecule has 0 fully saturated rings. The number of carboxylic acids is 1. The number of nitrogens with zero attached hydrogens (tertiary/aromatic N) is 2. The van der Waals surface area contributed by atoms with E-state index in [1.807, 2.05) is 0 Å². The van der Waals surface area contributed by atoms with Crippen LogP contribution in [0.1, 0.15) is 17.7 Å². The van der Waals surface area contributed by atoms with Crippen molar-refractivity contribution in [1.82, 2.24) is 9.47 Å². The van der Waals surface area contributed by atoms with Crippen LogP contribution in [0.5, 0.6) is 5.75 Å². The Hall–Kier alpha value is -3.10.